The van der Waals surface area contributed by atoms with Crippen molar-refractivity contribution in [1.82, 2.24) is 14.4 Å². The van der Waals surface area contributed by atoms with Gasteiger partial charge in [0.2, 0.25) is 5.91 Å². The highest BCUT2D eigenvalue weighted by Gasteiger charge is 2.15. The topological polar surface area (TPSA) is 80.5 Å². The molecular weight excluding hydrogens is 397 g/mol. The summed E-state index contributed by atoms with van der Waals surface area (Å²) in [5, 5.41) is 6.19. The molecule has 2 aromatic heterocycles. The van der Waals surface area contributed by atoms with E-state index >= 15 is 0 Å². The molecule has 4 rings (SSSR count). The van der Waals surface area contributed by atoms with Crippen LogP contribution >= 0.6 is 0 Å². The number of nitrogens with one attached hydrogen (secondary N) is 2. The molecule has 4 aromatic rings. The van der Waals surface area contributed by atoms with E-state index in [2.05, 4.69) is 20.6 Å². The van der Waals surface area contributed by atoms with Crippen molar-refractivity contribution in [2.75, 3.05) is 24.3 Å². The second-order valence-corrected chi connectivity index (χ2v) is 7.03. The molecule has 0 unspecified atom stereocenters. The third kappa shape index (κ3) is 4.48. The van der Waals surface area contributed by atoms with E-state index in [1.54, 1.807) is 43.9 Å². The maximum absolute atomic E-state index is 13.8. The van der Waals surface area contributed by atoms with Crippen molar-refractivity contribution in [3.63, 3.8) is 0 Å². The highest BCUT2D eigenvalue weighted by molar-refractivity contribution is 5.92. The zero-order valence-corrected chi connectivity index (χ0v) is 17.2. The molecule has 31 heavy (non-hydrogen) atoms. The fourth-order valence-electron chi connectivity index (χ4n) is 3.32. The molecule has 0 atom stereocenters. The SMILES string of the molecule is COc1ccc(NC(=O)CCNc2c(-c3cccc(F)c3)nc3cnccn23)c(C)c1. The largest absolute Gasteiger partial charge is 0.497 e. The lowest BCUT2D eigenvalue weighted by molar-refractivity contribution is -0.115. The predicted octanol–water partition coefficient (Wildman–Crippen LogP) is 4.29. The Labute approximate surface area is 178 Å². The van der Waals surface area contributed by atoms with Crippen molar-refractivity contribution in [1.29, 1.82) is 0 Å². The highest BCUT2D eigenvalue weighted by Crippen LogP contribution is 2.29. The molecular formula is C23H22FN5O2. The van der Waals surface area contributed by atoms with Crippen LogP contribution in [0.2, 0.25) is 0 Å². The number of anilines is 2. The fourth-order valence-corrected chi connectivity index (χ4v) is 3.32. The zero-order chi connectivity index (χ0) is 21.8. The Kier molecular flexibility index (Phi) is 5.79. The minimum atomic E-state index is -0.340. The van der Waals surface area contributed by atoms with Gasteiger partial charge in [-0.2, -0.15) is 0 Å². The van der Waals surface area contributed by atoms with Gasteiger partial charge in [-0.05, 0) is 42.8 Å². The van der Waals surface area contributed by atoms with E-state index in [1.807, 2.05) is 23.5 Å². The third-order valence-electron chi connectivity index (χ3n) is 4.88. The van der Waals surface area contributed by atoms with Gasteiger partial charge in [-0.25, -0.2) is 9.37 Å². The van der Waals surface area contributed by atoms with E-state index < -0.39 is 0 Å². The fraction of sp³-hybridized carbons (Fsp3) is 0.174. The maximum Gasteiger partial charge on any atom is 0.226 e. The number of imidazole rings is 1. The number of carbonyl (C=O) groups is 1. The summed E-state index contributed by atoms with van der Waals surface area (Å²) in [6.07, 6.45) is 5.29. The van der Waals surface area contributed by atoms with Crippen LogP contribution in [0.4, 0.5) is 15.9 Å². The second-order valence-electron chi connectivity index (χ2n) is 7.03. The molecule has 0 spiro atoms. The number of carbonyl (C=O) groups excluding carboxylic acids is 1. The van der Waals surface area contributed by atoms with Crippen molar-refractivity contribution < 1.29 is 13.9 Å². The average molecular weight is 419 g/mol. The van der Waals surface area contributed by atoms with Gasteiger partial charge in [0.1, 0.15) is 23.1 Å². The Bertz CT molecular complexity index is 1240. The van der Waals surface area contributed by atoms with E-state index in [-0.39, 0.29) is 18.1 Å². The first-order chi connectivity index (χ1) is 15.0. The average Bonchev–Trinajstić information content (AvgIpc) is 3.14. The quantitative estimate of drug-likeness (QED) is 0.467. The first kappa shape index (κ1) is 20.3. The number of rotatable bonds is 7. The lowest BCUT2D eigenvalue weighted by atomic mass is 10.1. The lowest BCUT2D eigenvalue weighted by Crippen LogP contribution is -2.17. The van der Waals surface area contributed by atoms with Gasteiger partial charge in [0.15, 0.2) is 5.65 Å². The van der Waals surface area contributed by atoms with Gasteiger partial charge in [-0.15, -0.1) is 0 Å². The summed E-state index contributed by atoms with van der Waals surface area (Å²) in [6, 6.07) is 11.7. The minimum absolute atomic E-state index is 0.122. The number of nitrogens with zero attached hydrogens (tertiary/aromatic N) is 3. The molecule has 0 aliphatic heterocycles. The normalized spacial score (nSPS) is 10.8. The van der Waals surface area contributed by atoms with E-state index in [4.69, 9.17) is 4.74 Å². The van der Waals surface area contributed by atoms with Crippen LogP contribution in [0.5, 0.6) is 5.75 Å². The number of hydrogen-bond acceptors (Lipinski definition) is 5. The van der Waals surface area contributed by atoms with Crippen LogP contribution in [0.1, 0.15) is 12.0 Å². The molecule has 0 radical (unpaired) electrons. The Morgan fingerprint density at radius 3 is 2.87 bits per heavy atom. The van der Waals surface area contributed by atoms with Gasteiger partial charge in [0.05, 0.1) is 13.3 Å². The number of ether oxygens (including phenoxy) is 1. The second kappa shape index (κ2) is 8.83. The molecule has 0 fully saturated rings. The zero-order valence-electron chi connectivity index (χ0n) is 17.2. The van der Waals surface area contributed by atoms with Crippen molar-refractivity contribution >= 4 is 23.1 Å². The molecule has 0 aliphatic carbocycles. The number of fused-ring (bicyclic) bond motifs is 1. The smallest absolute Gasteiger partial charge is 0.226 e. The molecule has 0 saturated carbocycles. The molecule has 1 amide bonds. The van der Waals surface area contributed by atoms with Gasteiger partial charge in [0.25, 0.3) is 0 Å². The van der Waals surface area contributed by atoms with Gasteiger partial charge in [0, 0.05) is 36.6 Å². The molecule has 2 N–H and O–H groups in total. The number of methoxy groups -OCH3 is 1. The molecule has 158 valence electrons. The van der Waals surface area contributed by atoms with Gasteiger partial charge >= 0.3 is 0 Å². The van der Waals surface area contributed by atoms with Crippen molar-refractivity contribution in [3.05, 3.63) is 72.4 Å². The molecule has 0 bridgehead atoms. The van der Waals surface area contributed by atoms with Crippen LogP contribution in [0, 0.1) is 12.7 Å². The number of hydrogen-bond donors (Lipinski definition) is 2. The first-order valence-corrected chi connectivity index (χ1v) is 9.81. The lowest BCUT2D eigenvalue weighted by Gasteiger charge is -2.11. The van der Waals surface area contributed by atoms with Gasteiger partial charge in [-0.3, -0.25) is 14.2 Å². The van der Waals surface area contributed by atoms with Crippen LogP contribution in [-0.4, -0.2) is 33.9 Å². The predicted molar refractivity (Wildman–Crippen MR) is 118 cm³/mol. The summed E-state index contributed by atoms with van der Waals surface area (Å²) in [5.41, 5.74) is 3.53. The van der Waals surface area contributed by atoms with Crippen molar-refractivity contribution in [2.24, 2.45) is 0 Å². The van der Waals surface area contributed by atoms with E-state index in [0.717, 1.165) is 17.0 Å². The molecule has 0 aliphatic rings. The monoisotopic (exact) mass is 419 g/mol. The molecule has 7 nitrogen and oxygen atoms in total. The van der Waals surface area contributed by atoms with Gasteiger partial charge < -0.3 is 15.4 Å². The number of aromatic nitrogens is 3. The standard InChI is InChI=1S/C23H22FN5O2/c1-15-12-18(31-2)6-7-19(15)27-21(30)8-9-26-23-22(16-4-3-5-17(24)13-16)28-20-14-25-10-11-29(20)23/h3-7,10-14,26H,8-9H2,1-2H3,(H,27,30). The summed E-state index contributed by atoms with van der Waals surface area (Å²) >= 11 is 0. The van der Waals surface area contributed by atoms with E-state index in [0.29, 0.717) is 29.3 Å². The Morgan fingerprint density at radius 1 is 1.23 bits per heavy atom. The molecule has 8 heteroatoms. The van der Waals surface area contributed by atoms with Crippen LogP contribution in [-0.2, 0) is 4.79 Å². The van der Waals surface area contributed by atoms with Gasteiger partial charge in [-0.1, -0.05) is 12.1 Å². The van der Waals surface area contributed by atoms with Crippen molar-refractivity contribution in [3.8, 4) is 17.0 Å². The number of amides is 1. The Morgan fingerprint density at radius 2 is 2.10 bits per heavy atom. The number of benzene rings is 2. The summed E-state index contributed by atoms with van der Waals surface area (Å²) in [4.78, 5) is 21.1. The molecule has 2 aromatic carbocycles. The number of halogens is 1. The van der Waals surface area contributed by atoms with Crippen LogP contribution in [0.15, 0.2) is 61.1 Å². The number of aryl methyl sites for hydroxylation is 1. The third-order valence-corrected chi connectivity index (χ3v) is 4.88. The minimum Gasteiger partial charge on any atom is -0.497 e. The summed E-state index contributed by atoms with van der Waals surface area (Å²) < 4.78 is 20.8. The molecule has 0 saturated heterocycles. The summed E-state index contributed by atoms with van der Waals surface area (Å²) in [5.74, 6) is 0.956. The summed E-state index contributed by atoms with van der Waals surface area (Å²) in [7, 11) is 1.60. The summed E-state index contributed by atoms with van der Waals surface area (Å²) in [6.45, 7) is 2.29. The van der Waals surface area contributed by atoms with E-state index in [1.165, 1.54) is 12.1 Å². The maximum atomic E-state index is 13.8. The van der Waals surface area contributed by atoms with Crippen molar-refractivity contribution in [2.45, 2.75) is 13.3 Å². The first-order valence-electron chi connectivity index (χ1n) is 9.81. The van der Waals surface area contributed by atoms with Crippen LogP contribution < -0.4 is 15.4 Å². The Hall–Kier alpha value is -3.94. The highest BCUT2D eigenvalue weighted by atomic mass is 19.1. The van der Waals surface area contributed by atoms with Crippen LogP contribution in [0.3, 0.4) is 0 Å². The van der Waals surface area contributed by atoms with Crippen LogP contribution in [0.25, 0.3) is 16.9 Å². The Balaban J connectivity index is 1.49. The van der Waals surface area contributed by atoms with E-state index in [9.17, 15) is 9.18 Å². The molecule has 2 heterocycles.